The van der Waals surface area contributed by atoms with Crippen molar-refractivity contribution in [2.75, 3.05) is 47.6 Å². The molecule has 0 atom stereocenters. The number of halogens is 1. The Morgan fingerprint density at radius 2 is 1.64 bits per heavy atom. The van der Waals surface area contributed by atoms with Crippen LogP contribution in [0.15, 0.2) is 23.2 Å². The fourth-order valence-electron chi connectivity index (χ4n) is 1.53. The highest BCUT2D eigenvalue weighted by Gasteiger charge is 2.02. The first-order valence-corrected chi connectivity index (χ1v) is 6.58. The van der Waals surface area contributed by atoms with E-state index >= 15 is 0 Å². The summed E-state index contributed by atoms with van der Waals surface area (Å²) in [6.45, 7) is 2.06. The Kier molecular flexibility index (Phi) is 11.4. The lowest BCUT2D eigenvalue weighted by molar-refractivity contribution is 0.208. The van der Waals surface area contributed by atoms with Gasteiger partial charge in [0.1, 0.15) is 23.9 Å². The van der Waals surface area contributed by atoms with Crippen LogP contribution in [0.3, 0.4) is 0 Å². The standard InChI is InChI=1S/C14H23N3O4.HI/c1-18-6-4-16-14(15)17-5-7-21-13-9-11(19-2)8-12(10-13)20-3;/h8-10H,4-7H2,1-3H3,(H3,15,16,17);1H. The highest BCUT2D eigenvalue weighted by molar-refractivity contribution is 14.0. The molecule has 8 heteroatoms. The lowest BCUT2D eigenvalue weighted by Gasteiger charge is -2.11. The fraction of sp³-hybridized carbons (Fsp3) is 0.500. The lowest BCUT2D eigenvalue weighted by Crippen LogP contribution is -2.35. The van der Waals surface area contributed by atoms with Crippen molar-refractivity contribution in [3.05, 3.63) is 18.2 Å². The van der Waals surface area contributed by atoms with E-state index in [4.69, 9.17) is 24.7 Å². The van der Waals surface area contributed by atoms with Crippen LogP contribution >= 0.6 is 24.0 Å². The van der Waals surface area contributed by atoms with E-state index < -0.39 is 0 Å². The van der Waals surface area contributed by atoms with Gasteiger partial charge in [0.15, 0.2) is 5.96 Å². The van der Waals surface area contributed by atoms with Gasteiger partial charge in [0.25, 0.3) is 0 Å². The SMILES string of the molecule is COCCN=C(N)NCCOc1cc(OC)cc(OC)c1.I. The van der Waals surface area contributed by atoms with E-state index in [1.165, 1.54) is 0 Å². The van der Waals surface area contributed by atoms with Gasteiger partial charge in [-0.2, -0.15) is 0 Å². The molecule has 0 saturated heterocycles. The summed E-state index contributed by atoms with van der Waals surface area (Å²) in [6, 6.07) is 5.36. The van der Waals surface area contributed by atoms with Gasteiger partial charge in [-0.15, -0.1) is 24.0 Å². The first-order valence-electron chi connectivity index (χ1n) is 6.58. The summed E-state index contributed by atoms with van der Waals surface area (Å²) in [5, 5.41) is 2.95. The number of nitrogens with zero attached hydrogens (tertiary/aromatic N) is 1. The molecule has 0 radical (unpaired) electrons. The molecule has 0 amide bonds. The van der Waals surface area contributed by atoms with Gasteiger partial charge in [-0.3, -0.25) is 4.99 Å². The Bertz CT molecular complexity index is 435. The van der Waals surface area contributed by atoms with Crippen LogP contribution in [0.4, 0.5) is 0 Å². The molecule has 126 valence electrons. The summed E-state index contributed by atoms with van der Waals surface area (Å²) in [6.07, 6.45) is 0. The second-order valence-electron chi connectivity index (χ2n) is 4.08. The quantitative estimate of drug-likeness (QED) is 0.268. The van der Waals surface area contributed by atoms with Crippen LogP contribution in [-0.4, -0.2) is 53.6 Å². The summed E-state index contributed by atoms with van der Waals surface area (Å²) in [7, 11) is 4.81. The maximum Gasteiger partial charge on any atom is 0.188 e. The summed E-state index contributed by atoms with van der Waals surface area (Å²) < 4.78 is 20.8. The number of rotatable bonds is 9. The Morgan fingerprint density at radius 3 is 2.18 bits per heavy atom. The Balaban J connectivity index is 0.00000441. The van der Waals surface area contributed by atoms with Crippen LogP contribution in [0.25, 0.3) is 0 Å². The minimum Gasteiger partial charge on any atom is -0.496 e. The molecule has 0 aliphatic carbocycles. The van der Waals surface area contributed by atoms with Crippen LogP contribution in [0.2, 0.25) is 0 Å². The second-order valence-corrected chi connectivity index (χ2v) is 4.08. The van der Waals surface area contributed by atoms with E-state index in [2.05, 4.69) is 10.3 Å². The predicted octanol–water partition coefficient (Wildman–Crippen LogP) is 1.25. The van der Waals surface area contributed by atoms with E-state index in [1.807, 2.05) is 0 Å². The number of ether oxygens (including phenoxy) is 4. The zero-order valence-corrected chi connectivity index (χ0v) is 15.5. The fourth-order valence-corrected chi connectivity index (χ4v) is 1.53. The van der Waals surface area contributed by atoms with Gasteiger partial charge in [0.05, 0.1) is 33.9 Å². The zero-order chi connectivity index (χ0) is 15.5. The second kappa shape index (κ2) is 12.2. The number of nitrogens with two attached hydrogens (primary N) is 1. The van der Waals surface area contributed by atoms with Crippen molar-refractivity contribution < 1.29 is 18.9 Å². The van der Waals surface area contributed by atoms with Crippen LogP contribution in [0, 0.1) is 0 Å². The molecule has 0 bridgehead atoms. The predicted molar refractivity (Wildman–Crippen MR) is 96.8 cm³/mol. The maximum atomic E-state index is 5.67. The average Bonchev–Trinajstić information content (AvgIpc) is 2.51. The van der Waals surface area contributed by atoms with Crippen molar-refractivity contribution in [1.82, 2.24) is 5.32 Å². The third-order valence-electron chi connectivity index (χ3n) is 2.58. The molecule has 0 aliphatic heterocycles. The van der Waals surface area contributed by atoms with Gasteiger partial charge in [-0.25, -0.2) is 0 Å². The largest absolute Gasteiger partial charge is 0.496 e. The molecule has 1 aromatic rings. The van der Waals surface area contributed by atoms with Crippen molar-refractivity contribution in [1.29, 1.82) is 0 Å². The molecule has 1 aromatic carbocycles. The minimum atomic E-state index is 0. The Labute approximate surface area is 148 Å². The normalized spacial score (nSPS) is 10.6. The lowest BCUT2D eigenvalue weighted by atomic mass is 10.3. The van der Waals surface area contributed by atoms with Gasteiger partial charge in [-0.1, -0.05) is 0 Å². The van der Waals surface area contributed by atoms with Crippen LogP contribution < -0.4 is 25.3 Å². The summed E-state index contributed by atoms with van der Waals surface area (Å²) in [5.74, 6) is 2.40. The molecular formula is C14H24IN3O4. The zero-order valence-electron chi connectivity index (χ0n) is 13.1. The number of aliphatic imine (C=N–C) groups is 1. The molecule has 1 rings (SSSR count). The van der Waals surface area contributed by atoms with Gasteiger partial charge >= 0.3 is 0 Å². The van der Waals surface area contributed by atoms with Gasteiger partial charge in [0, 0.05) is 25.3 Å². The minimum absolute atomic E-state index is 0. The van der Waals surface area contributed by atoms with E-state index in [9.17, 15) is 0 Å². The third-order valence-corrected chi connectivity index (χ3v) is 2.58. The van der Waals surface area contributed by atoms with E-state index in [1.54, 1.807) is 39.5 Å². The molecule has 0 heterocycles. The highest BCUT2D eigenvalue weighted by Crippen LogP contribution is 2.27. The molecule has 7 nitrogen and oxygen atoms in total. The molecule has 0 aromatic heterocycles. The van der Waals surface area contributed by atoms with E-state index in [-0.39, 0.29) is 24.0 Å². The van der Waals surface area contributed by atoms with Gasteiger partial charge in [0.2, 0.25) is 0 Å². The van der Waals surface area contributed by atoms with Crippen molar-refractivity contribution >= 4 is 29.9 Å². The molecule has 0 unspecified atom stereocenters. The van der Waals surface area contributed by atoms with Gasteiger partial charge in [-0.05, 0) is 0 Å². The summed E-state index contributed by atoms with van der Waals surface area (Å²) in [4.78, 5) is 4.08. The van der Waals surface area contributed by atoms with E-state index in [0.29, 0.717) is 49.5 Å². The van der Waals surface area contributed by atoms with Crippen molar-refractivity contribution in [3.8, 4) is 17.2 Å². The number of nitrogens with one attached hydrogen (secondary N) is 1. The van der Waals surface area contributed by atoms with Gasteiger partial charge < -0.3 is 30.0 Å². The molecule has 3 N–H and O–H groups in total. The van der Waals surface area contributed by atoms with Crippen LogP contribution in [0.1, 0.15) is 0 Å². The van der Waals surface area contributed by atoms with Crippen molar-refractivity contribution in [2.24, 2.45) is 10.7 Å². The molecule has 0 spiro atoms. The topological polar surface area (TPSA) is 87.3 Å². The number of hydrogen-bond donors (Lipinski definition) is 2. The third kappa shape index (κ3) is 8.13. The molecular weight excluding hydrogens is 401 g/mol. The molecule has 0 saturated carbocycles. The Hall–Kier alpha value is -1.42. The maximum absolute atomic E-state index is 5.67. The smallest absolute Gasteiger partial charge is 0.188 e. The monoisotopic (exact) mass is 425 g/mol. The summed E-state index contributed by atoms with van der Waals surface area (Å²) >= 11 is 0. The number of guanidine groups is 1. The number of benzene rings is 1. The van der Waals surface area contributed by atoms with E-state index in [0.717, 1.165) is 0 Å². The van der Waals surface area contributed by atoms with Crippen molar-refractivity contribution in [2.45, 2.75) is 0 Å². The van der Waals surface area contributed by atoms with Crippen molar-refractivity contribution in [3.63, 3.8) is 0 Å². The highest BCUT2D eigenvalue weighted by atomic mass is 127. The molecule has 22 heavy (non-hydrogen) atoms. The Morgan fingerprint density at radius 1 is 1.05 bits per heavy atom. The molecule has 0 aliphatic rings. The van der Waals surface area contributed by atoms with Crippen LogP contribution in [0.5, 0.6) is 17.2 Å². The number of methoxy groups -OCH3 is 3. The average molecular weight is 425 g/mol. The number of hydrogen-bond acceptors (Lipinski definition) is 5. The van der Waals surface area contributed by atoms with Crippen LogP contribution in [-0.2, 0) is 4.74 Å². The molecule has 0 fully saturated rings. The first-order chi connectivity index (χ1) is 10.2. The summed E-state index contributed by atoms with van der Waals surface area (Å²) in [5.41, 5.74) is 5.67. The first kappa shape index (κ1) is 20.6.